The number of aryl methyl sites for hydroxylation is 1. The molecule has 1 fully saturated rings. The second-order valence-corrected chi connectivity index (χ2v) is 8.06. The molecule has 0 aromatic carbocycles. The van der Waals surface area contributed by atoms with Crippen molar-refractivity contribution in [3.8, 4) is 0 Å². The normalized spacial score (nSPS) is 16.3. The van der Waals surface area contributed by atoms with Crippen LogP contribution in [-0.4, -0.2) is 59.5 Å². The first-order chi connectivity index (χ1) is 13.5. The van der Waals surface area contributed by atoms with Crippen molar-refractivity contribution in [1.29, 1.82) is 0 Å². The number of hydrogen-bond acceptors (Lipinski definition) is 6. The van der Waals surface area contributed by atoms with Crippen LogP contribution in [0.1, 0.15) is 40.0 Å². The number of nitrogens with one attached hydrogen (secondary N) is 1. The molecule has 1 amide bonds. The smallest absolute Gasteiger partial charge is 0.257 e. The number of carbonyl (C=O) groups is 1. The summed E-state index contributed by atoms with van der Waals surface area (Å²) in [5.41, 5.74) is 3.95. The van der Waals surface area contributed by atoms with Crippen LogP contribution < -0.4 is 10.2 Å². The Labute approximate surface area is 166 Å². The molecule has 0 bridgehead atoms. The first kappa shape index (κ1) is 18.7. The molecular formula is C21H28N6O. The minimum atomic E-state index is -0.00318. The molecule has 0 saturated heterocycles. The Kier molecular flexibility index (Phi) is 5.15. The number of anilines is 2. The van der Waals surface area contributed by atoms with Crippen molar-refractivity contribution in [2.45, 2.75) is 32.6 Å². The van der Waals surface area contributed by atoms with Crippen LogP contribution in [0.2, 0.25) is 0 Å². The van der Waals surface area contributed by atoms with Crippen LogP contribution in [-0.2, 0) is 12.8 Å². The van der Waals surface area contributed by atoms with Gasteiger partial charge in [-0.3, -0.25) is 4.79 Å². The van der Waals surface area contributed by atoms with Gasteiger partial charge in [0, 0.05) is 58.2 Å². The van der Waals surface area contributed by atoms with E-state index in [1.165, 1.54) is 12.8 Å². The number of nitrogens with zero attached hydrogens (tertiary/aromatic N) is 5. The van der Waals surface area contributed by atoms with E-state index in [0.29, 0.717) is 5.56 Å². The highest BCUT2D eigenvalue weighted by Gasteiger charge is 2.25. The van der Waals surface area contributed by atoms with Crippen molar-refractivity contribution >= 4 is 17.7 Å². The Balaban J connectivity index is 1.59. The summed E-state index contributed by atoms with van der Waals surface area (Å²) in [7, 11) is 3.57. The van der Waals surface area contributed by atoms with Gasteiger partial charge in [0.2, 0.25) is 5.95 Å². The van der Waals surface area contributed by atoms with Gasteiger partial charge in [-0.05, 0) is 49.3 Å². The van der Waals surface area contributed by atoms with E-state index in [1.54, 1.807) is 19.0 Å². The summed E-state index contributed by atoms with van der Waals surface area (Å²) in [6.45, 7) is 4.53. The first-order valence-electron chi connectivity index (χ1n) is 10.0. The predicted molar refractivity (Wildman–Crippen MR) is 110 cm³/mol. The van der Waals surface area contributed by atoms with Gasteiger partial charge in [0.15, 0.2) is 0 Å². The summed E-state index contributed by atoms with van der Waals surface area (Å²) in [4.78, 5) is 30.4. The van der Waals surface area contributed by atoms with Crippen molar-refractivity contribution in [1.82, 2.24) is 19.9 Å². The highest BCUT2D eigenvalue weighted by atomic mass is 16.2. The third-order valence-electron chi connectivity index (χ3n) is 5.40. The van der Waals surface area contributed by atoms with E-state index < -0.39 is 0 Å². The average molecular weight is 380 g/mol. The van der Waals surface area contributed by atoms with Gasteiger partial charge < -0.3 is 15.1 Å². The summed E-state index contributed by atoms with van der Waals surface area (Å²) in [5, 5.41) is 3.43. The van der Waals surface area contributed by atoms with E-state index in [1.807, 2.05) is 25.4 Å². The van der Waals surface area contributed by atoms with Gasteiger partial charge in [-0.15, -0.1) is 0 Å². The zero-order chi connectivity index (χ0) is 19.7. The van der Waals surface area contributed by atoms with Crippen LogP contribution in [0.5, 0.6) is 0 Å². The number of carbonyl (C=O) groups excluding carboxylic acids is 1. The van der Waals surface area contributed by atoms with Gasteiger partial charge in [-0.2, -0.15) is 0 Å². The lowest BCUT2D eigenvalue weighted by molar-refractivity contribution is 0.0828. The number of aromatic nitrogens is 3. The predicted octanol–water partition coefficient (Wildman–Crippen LogP) is 2.31. The monoisotopic (exact) mass is 380 g/mol. The van der Waals surface area contributed by atoms with E-state index in [-0.39, 0.29) is 5.91 Å². The highest BCUT2D eigenvalue weighted by molar-refractivity contribution is 5.98. The van der Waals surface area contributed by atoms with Crippen molar-refractivity contribution < 1.29 is 4.79 Å². The molecule has 0 spiro atoms. The van der Waals surface area contributed by atoms with Crippen molar-refractivity contribution in [2.24, 2.45) is 5.92 Å². The molecule has 1 N–H and O–H groups in total. The second-order valence-electron chi connectivity index (χ2n) is 8.06. The minimum Gasteiger partial charge on any atom is -0.369 e. The van der Waals surface area contributed by atoms with E-state index in [9.17, 15) is 4.79 Å². The van der Waals surface area contributed by atoms with Gasteiger partial charge in [0.1, 0.15) is 5.82 Å². The quantitative estimate of drug-likeness (QED) is 0.858. The molecular weight excluding hydrogens is 352 g/mol. The number of hydrogen-bond donors (Lipinski definition) is 1. The third-order valence-corrected chi connectivity index (χ3v) is 5.40. The molecule has 1 saturated carbocycles. The fourth-order valence-corrected chi connectivity index (χ4v) is 3.48. The minimum absolute atomic E-state index is 0.00318. The van der Waals surface area contributed by atoms with Crippen LogP contribution in [0, 0.1) is 12.8 Å². The highest BCUT2D eigenvalue weighted by Crippen LogP contribution is 2.30. The lowest BCUT2D eigenvalue weighted by atomic mass is 10.0. The van der Waals surface area contributed by atoms with E-state index in [0.717, 1.165) is 67.0 Å². The van der Waals surface area contributed by atoms with E-state index >= 15 is 0 Å². The Morgan fingerprint density at radius 1 is 1.21 bits per heavy atom. The summed E-state index contributed by atoms with van der Waals surface area (Å²) < 4.78 is 0. The largest absolute Gasteiger partial charge is 0.369 e. The molecule has 2 aromatic rings. The van der Waals surface area contributed by atoms with Crippen molar-refractivity contribution in [2.75, 3.05) is 43.9 Å². The SMILES string of the molecule is Cc1cnc(N2CCc3cc(C(=O)N(C)C)c(NCC4CC4)nc3CC2)nc1. The van der Waals surface area contributed by atoms with Crippen molar-refractivity contribution in [3.63, 3.8) is 0 Å². The molecule has 2 aliphatic rings. The number of amides is 1. The number of pyridine rings is 1. The standard InChI is InChI=1S/C21H28N6O/c1-14-11-23-21(24-12-14)27-8-6-16-10-17(20(28)26(2)3)19(22-13-15-4-5-15)25-18(16)7-9-27/h10-12,15H,4-9,13H2,1-3H3,(H,22,25). The molecule has 0 radical (unpaired) electrons. The molecule has 0 atom stereocenters. The van der Waals surface area contributed by atoms with E-state index in [4.69, 9.17) is 4.98 Å². The second kappa shape index (κ2) is 7.73. The molecule has 1 aliphatic carbocycles. The molecule has 0 unspecified atom stereocenters. The molecule has 3 heterocycles. The van der Waals surface area contributed by atoms with Gasteiger partial charge >= 0.3 is 0 Å². The lowest BCUT2D eigenvalue weighted by Crippen LogP contribution is -2.27. The summed E-state index contributed by atoms with van der Waals surface area (Å²) >= 11 is 0. The Hall–Kier alpha value is -2.70. The van der Waals surface area contributed by atoms with Gasteiger partial charge in [-0.25, -0.2) is 15.0 Å². The molecule has 2 aromatic heterocycles. The summed E-state index contributed by atoms with van der Waals surface area (Å²) in [6, 6.07) is 2.04. The number of rotatable bonds is 5. The zero-order valence-corrected chi connectivity index (χ0v) is 16.9. The van der Waals surface area contributed by atoms with Crippen LogP contribution >= 0.6 is 0 Å². The summed E-state index contributed by atoms with van der Waals surface area (Å²) in [5.74, 6) is 2.20. The molecule has 7 heteroatoms. The zero-order valence-electron chi connectivity index (χ0n) is 16.9. The Bertz CT molecular complexity index is 860. The van der Waals surface area contributed by atoms with Crippen molar-refractivity contribution in [3.05, 3.63) is 40.8 Å². The summed E-state index contributed by atoms with van der Waals surface area (Å²) in [6.07, 6.45) is 7.89. The van der Waals surface area contributed by atoms with Crippen LogP contribution in [0.15, 0.2) is 18.5 Å². The fourth-order valence-electron chi connectivity index (χ4n) is 3.48. The molecule has 1 aliphatic heterocycles. The molecule has 7 nitrogen and oxygen atoms in total. The maximum absolute atomic E-state index is 12.7. The van der Waals surface area contributed by atoms with Crippen LogP contribution in [0.25, 0.3) is 0 Å². The first-order valence-corrected chi connectivity index (χ1v) is 10.0. The maximum atomic E-state index is 12.7. The topological polar surface area (TPSA) is 74.2 Å². The van der Waals surface area contributed by atoms with Crippen LogP contribution in [0.4, 0.5) is 11.8 Å². The number of fused-ring (bicyclic) bond motifs is 1. The van der Waals surface area contributed by atoms with Gasteiger partial charge in [0.05, 0.1) is 5.56 Å². The lowest BCUT2D eigenvalue weighted by Gasteiger charge is -2.19. The maximum Gasteiger partial charge on any atom is 0.257 e. The average Bonchev–Trinajstić information content (AvgIpc) is 3.52. The third kappa shape index (κ3) is 4.08. The molecule has 148 valence electrons. The fraction of sp³-hybridized carbons (Fsp3) is 0.524. The molecule has 4 rings (SSSR count). The van der Waals surface area contributed by atoms with Gasteiger partial charge in [0.25, 0.3) is 5.91 Å². The Morgan fingerprint density at radius 3 is 2.61 bits per heavy atom. The van der Waals surface area contributed by atoms with E-state index in [2.05, 4.69) is 20.2 Å². The van der Waals surface area contributed by atoms with Gasteiger partial charge in [-0.1, -0.05) is 0 Å². The Morgan fingerprint density at radius 2 is 1.93 bits per heavy atom. The molecule has 28 heavy (non-hydrogen) atoms. The van der Waals surface area contributed by atoms with Crippen LogP contribution in [0.3, 0.4) is 0 Å².